The molecule has 1 aromatic carbocycles. The summed E-state index contributed by atoms with van der Waals surface area (Å²) in [5.74, 6) is -1.35. The second-order valence-corrected chi connectivity index (χ2v) is 3.43. The second-order valence-electron chi connectivity index (χ2n) is 3.43. The van der Waals surface area contributed by atoms with Crippen LogP contribution in [0.25, 0.3) is 0 Å². The van der Waals surface area contributed by atoms with Crippen LogP contribution in [0.15, 0.2) is 18.2 Å². The Morgan fingerprint density at radius 1 is 1.53 bits per heavy atom. The van der Waals surface area contributed by atoms with E-state index in [4.69, 9.17) is 0 Å². The number of carbonyl (C=O) groups is 1. The molecule has 0 radical (unpaired) electrons. The van der Waals surface area contributed by atoms with Crippen molar-refractivity contribution in [3.63, 3.8) is 0 Å². The van der Waals surface area contributed by atoms with Crippen molar-refractivity contribution in [2.24, 2.45) is 0 Å². The Bertz CT molecular complexity index is 614. The van der Waals surface area contributed by atoms with E-state index in [9.17, 15) is 19.3 Å². The molecule has 0 unspecified atom stereocenters. The minimum absolute atomic E-state index is 0.000503. The molecular formula is C9H7FN6O3. The van der Waals surface area contributed by atoms with E-state index in [0.717, 1.165) is 18.2 Å². The zero-order valence-electron chi connectivity index (χ0n) is 9.33. The van der Waals surface area contributed by atoms with Gasteiger partial charge in [0, 0.05) is 11.6 Å². The van der Waals surface area contributed by atoms with Gasteiger partial charge in [-0.1, -0.05) is 5.21 Å². The lowest BCUT2D eigenvalue weighted by Gasteiger charge is -2.02. The number of nitro groups is 1. The number of amides is 1. The van der Waals surface area contributed by atoms with E-state index in [-0.39, 0.29) is 17.9 Å². The normalized spacial score (nSPS) is 10.2. The summed E-state index contributed by atoms with van der Waals surface area (Å²) in [7, 11) is 0. The maximum atomic E-state index is 13.1. The van der Waals surface area contributed by atoms with Crippen molar-refractivity contribution < 1.29 is 14.1 Å². The molecule has 0 aliphatic rings. The van der Waals surface area contributed by atoms with Crippen LogP contribution in [-0.4, -0.2) is 31.5 Å². The SMILES string of the molecule is O=C(NCc1nn[nH]n1)c1ccc(F)c([N+](=O)[O-])c1. The highest BCUT2D eigenvalue weighted by Crippen LogP contribution is 2.18. The third-order valence-electron chi connectivity index (χ3n) is 2.20. The number of aromatic nitrogens is 4. The Kier molecular flexibility index (Phi) is 3.41. The van der Waals surface area contributed by atoms with Crippen LogP contribution in [0.4, 0.5) is 10.1 Å². The van der Waals surface area contributed by atoms with Crippen LogP contribution >= 0.6 is 0 Å². The third kappa shape index (κ3) is 2.86. The number of H-pyrrole nitrogens is 1. The largest absolute Gasteiger partial charge is 0.345 e. The van der Waals surface area contributed by atoms with Crippen LogP contribution in [0.5, 0.6) is 0 Å². The number of rotatable bonds is 4. The zero-order valence-corrected chi connectivity index (χ0v) is 9.33. The van der Waals surface area contributed by atoms with Gasteiger partial charge in [0.15, 0.2) is 5.82 Å². The molecule has 2 rings (SSSR count). The Morgan fingerprint density at radius 3 is 2.95 bits per heavy atom. The summed E-state index contributed by atoms with van der Waals surface area (Å²) in [5, 5.41) is 25.7. The summed E-state index contributed by atoms with van der Waals surface area (Å²) in [6.07, 6.45) is 0. The minimum Gasteiger partial charge on any atom is -0.345 e. The van der Waals surface area contributed by atoms with Crippen LogP contribution in [0, 0.1) is 15.9 Å². The molecule has 1 aromatic heterocycles. The number of halogens is 1. The first-order valence-corrected chi connectivity index (χ1v) is 5.02. The Morgan fingerprint density at radius 2 is 2.32 bits per heavy atom. The molecule has 0 aliphatic heterocycles. The van der Waals surface area contributed by atoms with E-state index in [2.05, 4.69) is 25.9 Å². The quantitative estimate of drug-likeness (QED) is 0.600. The van der Waals surface area contributed by atoms with Crippen molar-refractivity contribution in [2.45, 2.75) is 6.54 Å². The monoisotopic (exact) mass is 266 g/mol. The van der Waals surface area contributed by atoms with Crippen LogP contribution in [0.3, 0.4) is 0 Å². The molecule has 2 N–H and O–H groups in total. The van der Waals surface area contributed by atoms with Gasteiger partial charge in [-0.25, -0.2) is 0 Å². The lowest BCUT2D eigenvalue weighted by molar-refractivity contribution is -0.387. The van der Waals surface area contributed by atoms with E-state index in [0.29, 0.717) is 0 Å². The standard InChI is InChI=1S/C9H7FN6O3/c10-6-2-1-5(3-7(6)16(18)19)9(17)11-4-8-12-14-15-13-8/h1-3H,4H2,(H,11,17)(H,12,13,14,15). The van der Waals surface area contributed by atoms with Crippen molar-refractivity contribution in [2.75, 3.05) is 0 Å². The Hall–Kier alpha value is -2.91. The van der Waals surface area contributed by atoms with E-state index in [1.54, 1.807) is 0 Å². The smallest absolute Gasteiger partial charge is 0.305 e. The third-order valence-corrected chi connectivity index (χ3v) is 2.20. The molecule has 0 aliphatic carbocycles. The van der Waals surface area contributed by atoms with Crippen LogP contribution in [-0.2, 0) is 6.54 Å². The molecule has 2 aromatic rings. The summed E-state index contributed by atoms with van der Waals surface area (Å²) in [4.78, 5) is 21.3. The maximum absolute atomic E-state index is 13.1. The number of nitrogens with zero attached hydrogens (tertiary/aromatic N) is 4. The molecule has 0 fully saturated rings. The Labute approximate surface area is 105 Å². The number of nitro benzene ring substituents is 1. The van der Waals surface area contributed by atoms with Gasteiger partial charge in [-0.3, -0.25) is 14.9 Å². The summed E-state index contributed by atoms with van der Waals surface area (Å²) in [6, 6.07) is 2.87. The van der Waals surface area contributed by atoms with Gasteiger partial charge in [0.25, 0.3) is 5.91 Å². The van der Waals surface area contributed by atoms with Gasteiger partial charge in [-0.05, 0) is 12.1 Å². The second kappa shape index (κ2) is 5.16. The number of benzene rings is 1. The molecule has 19 heavy (non-hydrogen) atoms. The number of tetrazole rings is 1. The average molecular weight is 266 g/mol. The summed E-state index contributed by atoms with van der Waals surface area (Å²) in [6.45, 7) is 0.000503. The molecule has 0 saturated heterocycles. The number of aromatic amines is 1. The highest BCUT2D eigenvalue weighted by molar-refractivity contribution is 5.94. The molecule has 9 nitrogen and oxygen atoms in total. The molecule has 0 atom stereocenters. The minimum atomic E-state index is -1.00. The zero-order chi connectivity index (χ0) is 13.8. The summed E-state index contributed by atoms with van der Waals surface area (Å²) in [5.41, 5.74) is -0.788. The van der Waals surface area contributed by atoms with Crippen molar-refractivity contribution >= 4 is 11.6 Å². The first-order valence-electron chi connectivity index (χ1n) is 5.02. The highest BCUT2D eigenvalue weighted by atomic mass is 19.1. The van der Waals surface area contributed by atoms with Crippen molar-refractivity contribution in [3.8, 4) is 0 Å². The maximum Gasteiger partial charge on any atom is 0.305 e. The van der Waals surface area contributed by atoms with Crippen LogP contribution < -0.4 is 5.32 Å². The topological polar surface area (TPSA) is 127 Å². The molecule has 0 spiro atoms. The fourth-order valence-corrected chi connectivity index (χ4v) is 1.31. The highest BCUT2D eigenvalue weighted by Gasteiger charge is 2.17. The number of carbonyl (C=O) groups excluding carboxylic acids is 1. The Balaban J connectivity index is 2.11. The first kappa shape index (κ1) is 12.5. The van der Waals surface area contributed by atoms with Gasteiger partial charge in [0.1, 0.15) is 0 Å². The van der Waals surface area contributed by atoms with E-state index in [1.165, 1.54) is 0 Å². The molecule has 0 saturated carbocycles. The molecular weight excluding hydrogens is 259 g/mol. The average Bonchev–Trinajstić information content (AvgIpc) is 2.89. The lowest BCUT2D eigenvalue weighted by Crippen LogP contribution is -2.23. The lowest BCUT2D eigenvalue weighted by atomic mass is 10.2. The van der Waals surface area contributed by atoms with Gasteiger partial charge < -0.3 is 5.32 Å². The van der Waals surface area contributed by atoms with Crippen molar-refractivity contribution in [1.82, 2.24) is 25.9 Å². The van der Waals surface area contributed by atoms with E-state index in [1.807, 2.05) is 0 Å². The van der Waals surface area contributed by atoms with Gasteiger partial charge in [0.2, 0.25) is 5.82 Å². The molecule has 1 amide bonds. The number of nitrogens with one attached hydrogen (secondary N) is 2. The first-order chi connectivity index (χ1) is 9.08. The van der Waals surface area contributed by atoms with Crippen LogP contribution in [0.1, 0.15) is 16.2 Å². The van der Waals surface area contributed by atoms with Gasteiger partial charge >= 0.3 is 5.69 Å². The van der Waals surface area contributed by atoms with Crippen molar-refractivity contribution in [1.29, 1.82) is 0 Å². The van der Waals surface area contributed by atoms with E-state index >= 15 is 0 Å². The molecule has 10 heteroatoms. The molecule has 98 valence electrons. The predicted octanol–water partition coefficient (Wildman–Crippen LogP) is 0.177. The van der Waals surface area contributed by atoms with E-state index < -0.39 is 22.3 Å². The fraction of sp³-hybridized carbons (Fsp3) is 0.111. The molecule has 0 bridgehead atoms. The number of hydrogen-bond donors (Lipinski definition) is 2. The summed E-state index contributed by atoms with van der Waals surface area (Å²) < 4.78 is 13.1. The van der Waals surface area contributed by atoms with Crippen LogP contribution in [0.2, 0.25) is 0 Å². The van der Waals surface area contributed by atoms with Gasteiger partial charge in [0.05, 0.1) is 11.5 Å². The van der Waals surface area contributed by atoms with Crippen molar-refractivity contribution in [3.05, 3.63) is 45.5 Å². The predicted molar refractivity (Wildman–Crippen MR) is 58.4 cm³/mol. The molecule has 1 heterocycles. The van der Waals surface area contributed by atoms with Gasteiger partial charge in [-0.15, -0.1) is 10.2 Å². The van der Waals surface area contributed by atoms with Gasteiger partial charge in [-0.2, -0.15) is 9.60 Å². The summed E-state index contributed by atoms with van der Waals surface area (Å²) >= 11 is 0. The fourth-order valence-electron chi connectivity index (χ4n) is 1.31. The number of hydrogen-bond acceptors (Lipinski definition) is 6.